The summed E-state index contributed by atoms with van der Waals surface area (Å²) in [4.78, 5) is 42.1. The molecule has 0 unspecified atom stereocenters. The SMILES string of the molecule is COc1cccc([C@@H](C(=O)NC(C)(C)C)N(Cc2ccc3c(c2)OCO3)C(=O)CCC(=O)Nc2cc(C)on2)c1OC. The zero-order valence-electron chi connectivity index (χ0n) is 24.6. The number of aromatic nitrogens is 1. The molecule has 1 aliphatic heterocycles. The van der Waals surface area contributed by atoms with Crippen molar-refractivity contribution in [3.63, 3.8) is 0 Å². The molecule has 1 aliphatic rings. The molecular weight excluding hydrogens is 544 g/mol. The zero-order valence-corrected chi connectivity index (χ0v) is 24.6. The zero-order chi connectivity index (χ0) is 30.4. The first-order valence-corrected chi connectivity index (χ1v) is 13.4. The number of para-hydroxylation sites is 1. The number of methoxy groups -OCH3 is 2. The van der Waals surface area contributed by atoms with E-state index in [2.05, 4.69) is 15.8 Å². The summed E-state index contributed by atoms with van der Waals surface area (Å²) in [7, 11) is 2.97. The maximum atomic E-state index is 14.0. The monoisotopic (exact) mass is 580 g/mol. The average molecular weight is 581 g/mol. The van der Waals surface area contributed by atoms with Crippen LogP contribution in [0.5, 0.6) is 23.0 Å². The van der Waals surface area contributed by atoms with E-state index in [1.165, 1.54) is 19.1 Å². The molecule has 3 aromatic rings. The number of hydrogen-bond donors (Lipinski definition) is 2. The first-order chi connectivity index (χ1) is 20.0. The first kappa shape index (κ1) is 30.2. The van der Waals surface area contributed by atoms with Gasteiger partial charge in [-0.05, 0) is 51.5 Å². The van der Waals surface area contributed by atoms with Gasteiger partial charge in [-0.2, -0.15) is 0 Å². The molecule has 4 rings (SSSR count). The number of benzene rings is 2. The molecule has 0 radical (unpaired) electrons. The summed E-state index contributed by atoms with van der Waals surface area (Å²) in [5, 5.41) is 9.38. The Balaban J connectivity index is 1.71. The molecule has 0 saturated heterocycles. The van der Waals surface area contributed by atoms with E-state index in [1.54, 1.807) is 49.4 Å². The average Bonchev–Trinajstić information content (AvgIpc) is 3.58. The van der Waals surface area contributed by atoms with Crippen molar-refractivity contribution in [3.8, 4) is 23.0 Å². The fourth-order valence-electron chi connectivity index (χ4n) is 4.57. The summed E-state index contributed by atoms with van der Waals surface area (Å²) < 4.78 is 27.1. The number of carbonyl (C=O) groups excluding carboxylic acids is 3. The summed E-state index contributed by atoms with van der Waals surface area (Å²) in [6.45, 7) is 7.39. The van der Waals surface area contributed by atoms with Gasteiger partial charge in [0.2, 0.25) is 24.5 Å². The third-order valence-electron chi connectivity index (χ3n) is 6.36. The van der Waals surface area contributed by atoms with Crippen LogP contribution in [0.4, 0.5) is 5.82 Å². The molecular formula is C30H36N4O8. The Bertz CT molecular complexity index is 1450. The molecule has 2 aromatic carbocycles. The number of ether oxygens (including phenoxy) is 4. The summed E-state index contributed by atoms with van der Waals surface area (Å²) in [6.07, 6.45) is -0.329. The highest BCUT2D eigenvalue weighted by atomic mass is 16.7. The van der Waals surface area contributed by atoms with Crippen molar-refractivity contribution >= 4 is 23.5 Å². The number of nitrogens with zero attached hydrogens (tertiary/aromatic N) is 2. The highest BCUT2D eigenvalue weighted by Crippen LogP contribution is 2.39. The van der Waals surface area contributed by atoms with Gasteiger partial charge in [-0.15, -0.1) is 0 Å². The smallest absolute Gasteiger partial charge is 0.248 e. The lowest BCUT2D eigenvalue weighted by Gasteiger charge is -2.34. The van der Waals surface area contributed by atoms with Crippen LogP contribution >= 0.6 is 0 Å². The van der Waals surface area contributed by atoms with Crippen molar-refractivity contribution in [3.05, 3.63) is 59.4 Å². The van der Waals surface area contributed by atoms with Crippen LogP contribution in [-0.4, -0.2) is 54.3 Å². The minimum atomic E-state index is -1.13. The first-order valence-electron chi connectivity index (χ1n) is 13.4. The Kier molecular flexibility index (Phi) is 9.24. The lowest BCUT2D eigenvalue weighted by Crippen LogP contribution is -2.49. The maximum absolute atomic E-state index is 14.0. The van der Waals surface area contributed by atoms with Crippen LogP contribution in [0.2, 0.25) is 0 Å². The van der Waals surface area contributed by atoms with Crippen molar-refractivity contribution in [2.24, 2.45) is 0 Å². The van der Waals surface area contributed by atoms with Gasteiger partial charge in [-0.25, -0.2) is 0 Å². The molecule has 224 valence electrons. The van der Waals surface area contributed by atoms with Gasteiger partial charge >= 0.3 is 0 Å². The molecule has 0 saturated carbocycles. The summed E-state index contributed by atoms with van der Waals surface area (Å²) in [5.74, 6) is 1.36. The lowest BCUT2D eigenvalue weighted by atomic mass is 9.98. The van der Waals surface area contributed by atoms with Gasteiger partial charge in [0, 0.05) is 36.6 Å². The second-order valence-corrected chi connectivity index (χ2v) is 10.8. The number of amides is 3. The normalized spacial score (nSPS) is 12.8. The van der Waals surface area contributed by atoms with E-state index in [4.69, 9.17) is 23.5 Å². The van der Waals surface area contributed by atoms with E-state index < -0.39 is 29.3 Å². The van der Waals surface area contributed by atoms with Gasteiger partial charge < -0.3 is 39.0 Å². The Labute approximate surface area is 244 Å². The Morgan fingerprint density at radius 2 is 1.79 bits per heavy atom. The third-order valence-corrected chi connectivity index (χ3v) is 6.36. The number of nitrogens with one attached hydrogen (secondary N) is 2. The molecule has 0 bridgehead atoms. The largest absolute Gasteiger partial charge is 0.493 e. The molecule has 0 aliphatic carbocycles. The minimum absolute atomic E-state index is 0.0299. The summed E-state index contributed by atoms with van der Waals surface area (Å²) in [5.41, 5.74) is 0.519. The van der Waals surface area contributed by atoms with E-state index in [0.717, 1.165) is 0 Å². The van der Waals surface area contributed by atoms with Crippen LogP contribution in [0.3, 0.4) is 0 Å². The fraction of sp³-hybridized carbons (Fsp3) is 0.400. The Morgan fingerprint density at radius 1 is 1.02 bits per heavy atom. The van der Waals surface area contributed by atoms with Crippen LogP contribution < -0.4 is 29.6 Å². The van der Waals surface area contributed by atoms with E-state index >= 15 is 0 Å². The number of rotatable bonds is 11. The number of anilines is 1. The summed E-state index contributed by atoms with van der Waals surface area (Å²) >= 11 is 0. The molecule has 2 N–H and O–H groups in total. The number of carbonyl (C=O) groups is 3. The molecule has 0 fully saturated rings. The highest BCUT2D eigenvalue weighted by Gasteiger charge is 2.36. The molecule has 12 heteroatoms. The van der Waals surface area contributed by atoms with Crippen molar-refractivity contribution in [2.75, 3.05) is 26.3 Å². The standard InChI is InChI=1S/C30H36N4O8/c1-18-14-24(33-42-18)31-25(35)12-13-26(36)34(16-19-10-11-21-23(15-19)41-17-40-21)27(29(37)32-30(2,3)4)20-8-7-9-22(38-5)28(20)39-6/h7-11,14-15,27H,12-13,16-17H2,1-6H3,(H,32,37)(H,31,33,35)/t27-/m0/s1. The summed E-state index contributed by atoms with van der Waals surface area (Å²) in [6, 6.07) is 10.9. The lowest BCUT2D eigenvalue weighted by molar-refractivity contribution is -0.142. The molecule has 0 spiro atoms. The third kappa shape index (κ3) is 7.31. The van der Waals surface area contributed by atoms with Gasteiger partial charge in [-0.3, -0.25) is 14.4 Å². The molecule has 1 aromatic heterocycles. The predicted molar refractivity (Wildman–Crippen MR) is 152 cm³/mol. The van der Waals surface area contributed by atoms with Crippen molar-refractivity contribution < 1.29 is 37.9 Å². The Morgan fingerprint density at radius 3 is 2.45 bits per heavy atom. The van der Waals surface area contributed by atoms with Gasteiger partial charge in [0.25, 0.3) is 0 Å². The van der Waals surface area contributed by atoms with Crippen LogP contribution in [0, 0.1) is 6.92 Å². The van der Waals surface area contributed by atoms with Gasteiger partial charge in [0.05, 0.1) is 14.2 Å². The second-order valence-electron chi connectivity index (χ2n) is 10.8. The Hall–Kier alpha value is -4.74. The van der Waals surface area contributed by atoms with Gasteiger partial charge in [0.15, 0.2) is 28.8 Å². The fourth-order valence-corrected chi connectivity index (χ4v) is 4.57. The van der Waals surface area contributed by atoms with Crippen LogP contribution in [0.15, 0.2) is 47.0 Å². The number of fused-ring (bicyclic) bond motifs is 1. The quantitative estimate of drug-likeness (QED) is 0.342. The molecule has 2 heterocycles. The van der Waals surface area contributed by atoms with Crippen molar-refractivity contribution in [1.29, 1.82) is 0 Å². The number of aryl methyl sites for hydroxylation is 1. The van der Waals surface area contributed by atoms with E-state index in [-0.39, 0.29) is 32.0 Å². The van der Waals surface area contributed by atoms with E-state index in [9.17, 15) is 14.4 Å². The predicted octanol–water partition coefficient (Wildman–Crippen LogP) is 4.13. The molecule has 12 nitrogen and oxygen atoms in total. The topological polar surface area (TPSA) is 141 Å². The van der Waals surface area contributed by atoms with Crippen molar-refractivity contribution in [1.82, 2.24) is 15.4 Å². The minimum Gasteiger partial charge on any atom is -0.493 e. The van der Waals surface area contributed by atoms with Crippen LogP contribution in [-0.2, 0) is 20.9 Å². The maximum Gasteiger partial charge on any atom is 0.248 e. The molecule has 3 amide bonds. The van der Waals surface area contributed by atoms with Crippen molar-refractivity contribution in [2.45, 2.75) is 58.7 Å². The van der Waals surface area contributed by atoms with Gasteiger partial charge in [0.1, 0.15) is 11.8 Å². The van der Waals surface area contributed by atoms with Crippen LogP contribution in [0.25, 0.3) is 0 Å². The van der Waals surface area contributed by atoms with Gasteiger partial charge in [-0.1, -0.05) is 23.4 Å². The second kappa shape index (κ2) is 12.8. The number of hydrogen-bond acceptors (Lipinski definition) is 9. The highest BCUT2D eigenvalue weighted by molar-refractivity contribution is 5.94. The van der Waals surface area contributed by atoms with E-state index in [0.29, 0.717) is 39.9 Å². The molecule has 1 atom stereocenters. The van der Waals surface area contributed by atoms with E-state index in [1.807, 2.05) is 20.8 Å². The molecule has 42 heavy (non-hydrogen) atoms. The van der Waals surface area contributed by atoms with Crippen LogP contribution in [0.1, 0.15) is 56.5 Å².